The van der Waals surface area contributed by atoms with Gasteiger partial charge in [0, 0.05) is 19.3 Å². The maximum atomic E-state index is 12.9. The third-order valence-electron chi connectivity index (χ3n) is 13.9. The molecule has 0 aliphatic carbocycles. The van der Waals surface area contributed by atoms with E-state index in [9.17, 15) is 14.4 Å². The van der Waals surface area contributed by atoms with Crippen LogP contribution in [0.4, 0.5) is 0 Å². The highest BCUT2D eigenvalue weighted by atomic mass is 16.6. The first-order valence-corrected chi connectivity index (χ1v) is 31.9. The predicted molar refractivity (Wildman–Crippen MR) is 321 cm³/mol. The van der Waals surface area contributed by atoms with Crippen LogP contribution in [0.15, 0.2) is 72.9 Å². The molecule has 0 saturated carbocycles. The minimum atomic E-state index is -0.787. The van der Waals surface area contributed by atoms with Crippen LogP contribution in [-0.2, 0) is 28.6 Å². The lowest BCUT2D eigenvalue weighted by Crippen LogP contribution is -2.30. The van der Waals surface area contributed by atoms with Crippen molar-refractivity contribution in [3.05, 3.63) is 72.9 Å². The summed E-state index contributed by atoms with van der Waals surface area (Å²) in [6.07, 6.45) is 80.5. The van der Waals surface area contributed by atoms with Crippen LogP contribution in [0.5, 0.6) is 0 Å². The van der Waals surface area contributed by atoms with Crippen molar-refractivity contribution in [1.82, 2.24) is 0 Å². The van der Waals surface area contributed by atoms with Crippen molar-refractivity contribution >= 4 is 17.9 Å². The smallest absolute Gasteiger partial charge is 0.306 e. The molecule has 0 aromatic heterocycles. The Kier molecular flexibility index (Phi) is 59.7. The summed E-state index contributed by atoms with van der Waals surface area (Å²) in [7, 11) is 0. The van der Waals surface area contributed by atoms with Crippen LogP contribution in [-0.4, -0.2) is 37.2 Å². The Hall–Kier alpha value is -3.15. The Balaban J connectivity index is 4.28. The Morgan fingerprint density at radius 3 is 0.784 bits per heavy atom. The van der Waals surface area contributed by atoms with Crippen molar-refractivity contribution in [2.24, 2.45) is 0 Å². The zero-order valence-corrected chi connectivity index (χ0v) is 49.1. The zero-order chi connectivity index (χ0) is 53.6. The van der Waals surface area contributed by atoms with Gasteiger partial charge in [0.05, 0.1) is 0 Å². The maximum Gasteiger partial charge on any atom is 0.306 e. The monoisotopic (exact) mass is 1030 g/mol. The number of hydrogen-bond donors (Lipinski definition) is 0. The van der Waals surface area contributed by atoms with Crippen LogP contribution in [0, 0.1) is 0 Å². The molecule has 0 spiro atoms. The van der Waals surface area contributed by atoms with Gasteiger partial charge in [0.1, 0.15) is 13.2 Å². The van der Waals surface area contributed by atoms with E-state index in [0.29, 0.717) is 19.3 Å². The second kappa shape index (κ2) is 62.4. The summed E-state index contributed by atoms with van der Waals surface area (Å²) in [5.74, 6) is -0.896. The second-order valence-corrected chi connectivity index (χ2v) is 21.3. The Bertz CT molecular complexity index is 1370. The summed E-state index contributed by atoms with van der Waals surface area (Å²) in [6, 6.07) is 0. The zero-order valence-electron chi connectivity index (χ0n) is 49.1. The number of carbonyl (C=O) groups is 3. The first-order valence-electron chi connectivity index (χ1n) is 31.9. The minimum absolute atomic E-state index is 0.0833. The molecule has 0 amide bonds. The lowest BCUT2D eigenvalue weighted by molar-refractivity contribution is -0.167. The number of unbranched alkanes of at least 4 members (excludes halogenated alkanes) is 35. The van der Waals surface area contributed by atoms with Crippen molar-refractivity contribution in [1.29, 1.82) is 0 Å². The first kappa shape index (κ1) is 70.8. The largest absolute Gasteiger partial charge is 0.462 e. The van der Waals surface area contributed by atoms with Crippen LogP contribution in [0.25, 0.3) is 0 Å². The van der Waals surface area contributed by atoms with Gasteiger partial charge in [0.15, 0.2) is 6.10 Å². The molecule has 1 atom stereocenters. The number of esters is 3. The van der Waals surface area contributed by atoms with Crippen molar-refractivity contribution in [2.75, 3.05) is 13.2 Å². The standard InChI is InChI=1S/C68H120O6/c1-4-7-10-13-16-19-22-25-27-29-30-31-32-33-34-35-36-37-38-39-41-43-46-49-52-55-58-61-67(70)73-64-65(63-72-66(69)60-57-54-51-48-45-42-24-21-18-15-12-9-6-3)74-68(71)62-59-56-53-50-47-44-40-28-26-23-20-17-14-11-8-5-2/h20-25,28-30,32-33,40,65H,4-19,26-27,31,34-39,41-64H2,1-3H3/b23-20-,24-21-,25-22-,30-29-,33-32-,40-28-. The van der Waals surface area contributed by atoms with Gasteiger partial charge in [-0.15, -0.1) is 0 Å². The summed E-state index contributed by atoms with van der Waals surface area (Å²) in [6.45, 7) is 6.60. The quantitative estimate of drug-likeness (QED) is 0.0261. The fraction of sp³-hybridized carbons (Fsp3) is 0.779. The molecule has 6 heteroatoms. The van der Waals surface area contributed by atoms with Gasteiger partial charge in [-0.2, -0.15) is 0 Å². The molecule has 0 bridgehead atoms. The van der Waals surface area contributed by atoms with Crippen LogP contribution in [0.3, 0.4) is 0 Å². The van der Waals surface area contributed by atoms with E-state index in [4.69, 9.17) is 14.2 Å². The number of allylic oxidation sites excluding steroid dienone is 12. The molecule has 0 saturated heterocycles. The topological polar surface area (TPSA) is 78.9 Å². The number of hydrogen-bond acceptors (Lipinski definition) is 6. The normalized spacial score (nSPS) is 12.5. The number of rotatable bonds is 58. The second-order valence-electron chi connectivity index (χ2n) is 21.3. The molecule has 0 fully saturated rings. The third kappa shape index (κ3) is 59.7. The van der Waals surface area contributed by atoms with E-state index in [2.05, 4.69) is 93.7 Å². The molecular weight excluding hydrogens is 913 g/mol. The predicted octanol–water partition coefficient (Wildman–Crippen LogP) is 21.7. The van der Waals surface area contributed by atoms with Crippen LogP contribution >= 0.6 is 0 Å². The Morgan fingerprint density at radius 2 is 0.486 bits per heavy atom. The highest BCUT2D eigenvalue weighted by Crippen LogP contribution is 2.16. The average Bonchev–Trinajstić information content (AvgIpc) is 3.40. The van der Waals surface area contributed by atoms with Gasteiger partial charge in [-0.05, 0) is 116 Å². The Labute approximate surface area is 459 Å². The SMILES string of the molecule is CCCCCC/C=C\C/C=C\CCCCCCCC(=O)OC(COC(=O)CCCCCCC/C=C\CCCCCC)COC(=O)CCCCCCCCCCCCCC/C=C\C/C=C\C/C=C\CCCCCCC. The van der Waals surface area contributed by atoms with E-state index in [1.165, 1.54) is 180 Å². The summed E-state index contributed by atoms with van der Waals surface area (Å²) in [5.41, 5.74) is 0. The van der Waals surface area contributed by atoms with E-state index in [1.807, 2.05) is 0 Å². The molecule has 428 valence electrons. The average molecular weight is 1030 g/mol. The highest BCUT2D eigenvalue weighted by Gasteiger charge is 2.19. The van der Waals surface area contributed by atoms with Crippen LogP contribution in [0.1, 0.15) is 323 Å². The lowest BCUT2D eigenvalue weighted by Gasteiger charge is -2.18. The fourth-order valence-electron chi connectivity index (χ4n) is 9.06. The molecule has 0 N–H and O–H groups in total. The lowest BCUT2D eigenvalue weighted by atomic mass is 10.0. The van der Waals surface area contributed by atoms with Gasteiger partial charge in [-0.3, -0.25) is 14.4 Å². The molecule has 0 rings (SSSR count). The van der Waals surface area contributed by atoms with Gasteiger partial charge in [-0.1, -0.05) is 261 Å². The molecule has 74 heavy (non-hydrogen) atoms. The van der Waals surface area contributed by atoms with E-state index >= 15 is 0 Å². The minimum Gasteiger partial charge on any atom is -0.462 e. The van der Waals surface area contributed by atoms with Gasteiger partial charge >= 0.3 is 17.9 Å². The number of carbonyl (C=O) groups excluding carboxylic acids is 3. The molecule has 0 heterocycles. The van der Waals surface area contributed by atoms with Crippen molar-refractivity contribution < 1.29 is 28.6 Å². The fourth-order valence-corrected chi connectivity index (χ4v) is 9.06. The summed E-state index contributed by atoms with van der Waals surface area (Å²) in [4.78, 5) is 38.2. The number of ether oxygens (including phenoxy) is 3. The summed E-state index contributed by atoms with van der Waals surface area (Å²) >= 11 is 0. The van der Waals surface area contributed by atoms with E-state index in [0.717, 1.165) is 103 Å². The molecule has 0 aliphatic heterocycles. The van der Waals surface area contributed by atoms with Gasteiger partial charge in [0.2, 0.25) is 0 Å². The van der Waals surface area contributed by atoms with Gasteiger partial charge in [0.25, 0.3) is 0 Å². The van der Waals surface area contributed by atoms with E-state index < -0.39 is 6.10 Å². The summed E-state index contributed by atoms with van der Waals surface area (Å²) in [5, 5.41) is 0. The third-order valence-corrected chi connectivity index (χ3v) is 13.9. The van der Waals surface area contributed by atoms with Crippen molar-refractivity contribution in [3.8, 4) is 0 Å². The molecule has 0 aromatic carbocycles. The van der Waals surface area contributed by atoms with E-state index in [-0.39, 0.29) is 31.1 Å². The molecule has 6 nitrogen and oxygen atoms in total. The molecule has 0 aromatic rings. The van der Waals surface area contributed by atoms with Crippen LogP contribution in [0.2, 0.25) is 0 Å². The summed E-state index contributed by atoms with van der Waals surface area (Å²) < 4.78 is 16.9. The van der Waals surface area contributed by atoms with Gasteiger partial charge < -0.3 is 14.2 Å². The highest BCUT2D eigenvalue weighted by molar-refractivity contribution is 5.71. The van der Waals surface area contributed by atoms with E-state index in [1.54, 1.807) is 0 Å². The molecule has 1 unspecified atom stereocenters. The molecular formula is C68H120O6. The molecule has 0 aliphatic rings. The van der Waals surface area contributed by atoms with Crippen LogP contribution < -0.4 is 0 Å². The van der Waals surface area contributed by atoms with Gasteiger partial charge in [-0.25, -0.2) is 0 Å². The maximum absolute atomic E-state index is 12.9. The Morgan fingerprint density at radius 1 is 0.270 bits per heavy atom. The first-order chi connectivity index (χ1) is 36.5. The van der Waals surface area contributed by atoms with Crippen molar-refractivity contribution in [2.45, 2.75) is 329 Å². The van der Waals surface area contributed by atoms with Crippen molar-refractivity contribution in [3.63, 3.8) is 0 Å². The molecule has 0 radical (unpaired) electrons.